The van der Waals surface area contributed by atoms with Crippen LogP contribution < -0.4 is 30.0 Å². The van der Waals surface area contributed by atoms with E-state index in [0.29, 0.717) is 27.7 Å². The summed E-state index contributed by atoms with van der Waals surface area (Å²) >= 11 is 6.86. The minimum Gasteiger partial charge on any atom is -0.496 e. The molecule has 0 radical (unpaired) electrons. The Morgan fingerprint density at radius 1 is 1.00 bits per heavy atom. The van der Waals surface area contributed by atoms with Crippen LogP contribution in [0.3, 0.4) is 0 Å². The average molecular weight is 481 g/mol. The zero-order valence-corrected chi connectivity index (χ0v) is 20.3. The Hall–Kier alpha value is -1.47. The molecular weight excluding hydrogens is 456 g/mol. The third-order valence-corrected chi connectivity index (χ3v) is 8.96. The van der Waals surface area contributed by atoms with E-state index in [1.54, 1.807) is 18.2 Å². The third-order valence-electron chi connectivity index (χ3n) is 4.34. The normalized spacial score (nSPS) is 13.1. The van der Waals surface area contributed by atoms with E-state index in [0.717, 1.165) is 6.07 Å². The molecule has 0 fully saturated rings. The largest absolute Gasteiger partial charge is 0.496 e. The van der Waals surface area contributed by atoms with Crippen LogP contribution in [0.15, 0.2) is 30.3 Å². The molecule has 1 atom stereocenters. The van der Waals surface area contributed by atoms with Gasteiger partial charge in [-0.25, -0.2) is 0 Å². The van der Waals surface area contributed by atoms with Crippen molar-refractivity contribution in [1.82, 2.24) is 0 Å². The van der Waals surface area contributed by atoms with Crippen molar-refractivity contribution < 1.29 is 32.1 Å². The zero-order valence-electron chi connectivity index (χ0n) is 17.7. The first kappa shape index (κ1) is 24.8. The lowest BCUT2D eigenvalue weighted by molar-refractivity contribution is -0.137. The van der Waals surface area contributed by atoms with Crippen LogP contribution in [0.1, 0.15) is 5.56 Å². The number of methoxy groups -OCH3 is 3. The van der Waals surface area contributed by atoms with E-state index in [1.165, 1.54) is 27.4 Å². The molecule has 0 aliphatic rings. The van der Waals surface area contributed by atoms with Gasteiger partial charge in [0, 0.05) is 12.4 Å². The predicted molar refractivity (Wildman–Crippen MR) is 119 cm³/mol. The molecule has 2 aromatic carbocycles. The van der Waals surface area contributed by atoms with Crippen molar-refractivity contribution in [2.24, 2.45) is 0 Å². The molecule has 1 unspecified atom stereocenters. The molecule has 2 aromatic rings. The fourth-order valence-corrected chi connectivity index (χ4v) is 6.93. The van der Waals surface area contributed by atoms with E-state index in [1.807, 2.05) is 19.6 Å². The number of halogens is 4. The van der Waals surface area contributed by atoms with E-state index in [4.69, 9.17) is 30.2 Å². The molecule has 0 heterocycles. The Morgan fingerprint density at radius 3 is 2.00 bits per heavy atom. The molecule has 2 rings (SSSR count). The van der Waals surface area contributed by atoms with Gasteiger partial charge in [-0.05, 0) is 29.5 Å². The smallest absolute Gasteiger partial charge is 0.416 e. The quantitative estimate of drug-likeness (QED) is 0.308. The minimum atomic E-state index is -4.53. The zero-order chi connectivity index (χ0) is 22.7. The standard InChI is InChI=1S/C20H25ClF3O4PSi/c1-25-12-28-18-16(10-13(20(22,23)24)11-17(18)30(4,5)6)29(21)19-14(26-2)8-7-9-15(19)27-3/h7-11H,12H2,1-6H3. The van der Waals surface area contributed by atoms with Crippen LogP contribution in [0.4, 0.5) is 13.2 Å². The molecular formula is C20H25ClF3O4PSi. The van der Waals surface area contributed by atoms with Crippen molar-refractivity contribution in [2.75, 3.05) is 28.1 Å². The molecule has 0 saturated heterocycles. The lowest BCUT2D eigenvalue weighted by atomic mass is 10.2. The molecule has 0 aliphatic heterocycles. The van der Waals surface area contributed by atoms with Crippen LogP contribution in [-0.2, 0) is 10.9 Å². The Balaban J connectivity index is 2.86. The monoisotopic (exact) mass is 480 g/mol. The van der Waals surface area contributed by atoms with Gasteiger partial charge in [0.25, 0.3) is 0 Å². The van der Waals surface area contributed by atoms with Gasteiger partial charge in [-0.1, -0.05) is 36.9 Å². The summed E-state index contributed by atoms with van der Waals surface area (Å²) in [6, 6.07) is 7.33. The summed E-state index contributed by atoms with van der Waals surface area (Å²) in [7, 11) is 0.319. The molecule has 0 aromatic heterocycles. The maximum absolute atomic E-state index is 13.7. The topological polar surface area (TPSA) is 36.9 Å². The first-order chi connectivity index (χ1) is 14.0. The van der Waals surface area contributed by atoms with Gasteiger partial charge < -0.3 is 18.9 Å². The average Bonchev–Trinajstić information content (AvgIpc) is 2.68. The van der Waals surface area contributed by atoms with Crippen LogP contribution in [0.5, 0.6) is 17.2 Å². The molecule has 4 nitrogen and oxygen atoms in total. The molecule has 0 aliphatic carbocycles. The fraction of sp³-hybridized carbons (Fsp3) is 0.400. The third kappa shape index (κ3) is 5.41. The van der Waals surface area contributed by atoms with Gasteiger partial charge >= 0.3 is 6.18 Å². The Morgan fingerprint density at radius 2 is 1.57 bits per heavy atom. The van der Waals surface area contributed by atoms with Gasteiger partial charge in [-0.3, -0.25) is 0 Å². The number of benzene rings is 2. The Labute approximate surface area is 181 Å². The number of rotatable bonds is 8. The second-order valence-electron chi connectivity index (χ2n) is 7.46. The maximum atomic E-state index is 13.7. The minimum absolute atomic E-state index is 0.112. The molecule has 166 valence electrons. The highest BCUT2D eigenvalue weighted by molar-refractivity contribution is 7.96. The first-order valence-corrected chi connectivity index (χ1v) is 14.7. The molecule has 0 amide bonds. The van der Waals surface area contributed by atoms with Gasteiger partial charge in [0.15, 0.2) is 6.79 Å². The molecule has 30 heavy (non-hydrogen) atoms. The van der Waals surface area contributed by atoms with E-state index >= 15 is 0 Å². The van der Waals surface area contributed by atoms with Crippen molar-refractivity contribution in [3.05, 3.63) is 35.9 Å². The van der Waals surface area contributed by atoms with Gasteiger partial charge in [-0.15, -0.1) is 0 Å². The number of hydrogen-bond donors (Lipinski definition) is 0. The SMILES string of the molecule is COCOc1c(P(Cl)c2c(OC)cccc2OC)cc(C(F)(F)F)cc1[Si](C)(C)C. The van der Waals surface area contributed by atoms with E-state index in [2.05, 4.69) is 0 Å². The van der Waals surface area contributed by atoms with Crippen LogP contribution in [0, 0.1) is 0 Å². The summed E-state index contributed by atoms with van der Waals surface area (Å²) in [6.07, 6.45) is -4.53. The fourth-order valence-electron chi connectivity index (χ4n) is 2.90. The molecule has 10 heteroatoms. The highest BCUT2D eigenvalue weighted by atomic mass is 35.7. The summed E-state index contributed by atoms with van der Waals surface area (Å²) in [6.45, 7) is 5.74. The second-order valence-corrected chi connectivity index (χ2v) is 15.0. The van der Waals surface area contributed by atoms with Crippen LogP contribution in [0.2, 0.25) is 19.6 Å². The van der Waals surface area contributed by atoms with Crippen molar-refractivity contribution in [3.63, 3.8) is 0 Å². The van der Waals surface area contributed by atoms with Crippen molar-refractivity contribution >= 4 is 42.4 Å². The second kappa shape index (κ2) is 9.77. The summed E-state index contributed by atoms with van der Waals surface area (Å²) in [5, 5.41) is 1.26. The summed E-state index contributed by atoms with van der Waals surface area (Å²) in [5.41, 5.74) is -0.762. The first-order valence-electron chi connectivity index (χ1n) is 9.00. The molecule has 0 spiro atoms. The molecule has 0 saturated carbocycles. The van der Waals surface area contributed by atoms with Gasteiger partial charge in [-0.2, -0.15) is 13.2 Å². The van der Waals surface area contributed by atoms with E-state index < -0.39 is 27.1 Å². The van der Waals surface area contributed by atoms with Gasteiger partial charge in [0.05, 0.1) is 40.4 Å². The highest BCUT2D eigenvalue weighted by Crippen LogP contribution is 2.48. The van der Waals surface area contributed by atoms with Crippen LogP contribution >= 0.6 is 18.5 Å². The van der Waals surface area contributed by atoms with Crippen LogP contribution in [-0.4, -0.2) is 36.2 Å². The summed E-state index contributed by atoms with van der Waals surface area (Å²) in [5.74, 6) is 1.19. The maximum Gasteiger partial charge on any atom is 0.416 e. The Kier molecular flexibility index (Phi) is 8.07. The Bertz CT molecular complexity index is 865. The number of alkyl halides is 3. The number of hydrogen-bond acceptors (Lipinski definition) is 4. The predicted octanol–water partition coefficient (Wildman–Crippen LogP) is 4.84. The van der Waals surface area contributed by atoms with Crippen LogP contribution in [0.25, 0.3) is 0 Å². The van der Waals surface area contributed by atoms with Crippen molar-refractivity contribution in [3.8, 4) is 17.2 Å². The van der Waals surface area contributed by atoms with Gasteiger partial charge in [0.2, 0.25) is 0 Å². The highest BCUT2D eigenvalue weighted by Gasteiger charge is 2.37. The molecule has 0 bridgehead atoms. The lowest BCUT2D eigenvalue weighted by Gasteiger charge is -2.27. The van der Waals surface area contributed by atoms with Crippen molar-refractivity contribution in [1.29, 1.82) is 0 Å². The van der Waals surface area contributed by atoms with Gasteiger partial charge in [0.1, 0.15) is 17.2 Å². The molecule has 0 N–H and O–H groups in total. The van der Waals surface area contributed by atoms with E-state index in [-0.39, 0.29) is 12.1 Å². The van der Waals surface area contributed by atoms with E-state index in [9.17, 15) is 13.2 Å². The van der Waals surface area contributed by atoms with Crippen molar-refractivity contribution in [2.45, 2.75) is 25.8 Å². The lowest BCUT2D eigenvalue weighted by Crippen LogP contribution is -2.42. The summed E-state index contributed by atoms with van der Waals surface area (Å²) < 4.78 is 62.9. The number of ether oxygens (including phenoxy) is 4. The summed E-state index contributed by atoms with van der Waals surface area (Å²) in [4.78, 5) is 0.